The zero-order valence-corrected chi connectivity index (χ0v) is 10.7. The van der Waals surface area contributed by atoms with Gasteiger partial charge in [0.15, 0.2) is 5.69 Å². The topological polar surface area (TPSA) is 92.1 Å². The van der Waals surface area contributed by atoms with Gasteiger partial charge in [-0.1, -0.05) is 5.21 Å². The molecule has 104 valence electrons. The van der Waals surface area contributed by atoms with Crippen molar-refractivity contribution in [3.63, 3.8) is 0 Å². The number of nitrogens with one attached hydrogen (secondary N) is 2. The largest absolute Gasteiger partial charge is 0.393 e. The summed E-state index contributed by atoms with van der Waals surface area (Å²) in [7, 11) is 0. The van der Waals surface area contributed by atoms with E-state index in [2.05, 4.69) is 20.9 Å². The molecule has 1 aliphatic heterocycles. The van der Waals surface area contributed by atoms with Gasteiger partial charge < -0.3 is 15.7 Å². The maximum absolute atomic E-state index is 12.0. The Balaban J connectivity index is 1.56. The third kappa shape index (κ3) is 2.76. The van der Waals surface area contributed by atoms with Crippen LogP contribution in [0.1, 0.15) is 42.2 Å². The van der Waals surface area contributed by atoms with E-state index < -0.39 is 0 Å². The van der Waals surface area contributed by atoms with Crippen LogP contribution in [0.3, 0.4) is 0 Å². The van der Waals surface area contributed by atoms with Crippen LogP contribution in [0.15, 0.2) is 6.20 Å². The molecule has 1 aromatic rings. The highest BCUT2D eigenvalue weighted by Crippen LogP contribution is 2.18. The molecule has 0 aromatic carbocycles. The number of amides is 1. The molecule has 0 unspecified atom stereocenters. The number of nitrogens with zero attached hydrogens (tertiary/aromatic N) is 3. The molecule has 0 spiro atoms. The van der Waals surface area contributed by atoms with Crippen molar-refractivity contribution in [3.05, 3.63) is 11.9 Å². The number of carbonyl (C=O) groups is 1. The van der Waals surface area contributed by atoms with E-state index in [1.165, 1.54) is 0 Å². The summed E-state index contributed by atoms with van der Waals surface area (Å²) in [5.41, 5.74) is 0.373. The molecule has 2 aliphatic rings. The quantitative estimate of drug-likeness (QED) is 0.682. The van der Waals surface area contributed by atoms with Crippen molar-refractivity contribution in [1.82, 2.24) is 25.6 Å². The first-order valence-electron chi connectivity index (χ1n) is 6.84. The van der Waals surface area contributed by atoms with Gasteiger partial charge in [-0.2, -0.15) is 0 Å². The number of rotatable bonds is 3. The van der Waals surface area contributed by atoms with E-state index in [1.807, 2.05) is 0 Å². The molecule has 7 heteroatoms. The third-order valence-electron chi connectivity index (χ3n) is 3.91. The van der Waals surface area contributed by atoms with Crippen LogP contribution >= 0.6 is 0 Å². The average molecular weight is 265 g/mol. The Morgan fingerprint density at radius 3 is 2.74 bits per heavy atom. The number of carbonyl (C=O) groups excluding carboxylic acids is 1. The molecule has 7 nitrogen and oxygen atoms in total. The smallest absolute Gasteiger partial charge is 0.273 e. The lowest BCUT2D eigenvalue weighted by Gasteiger charge is -2.26. The zero-order valence-electron chi connectivity index (χ0n) is 10.7. The van der Waals surface area contributed by atoms with E-state index in [4.69, 9.17) is 0 Å². The van der Waals surface area contributed by atoms with E-state index in [9.17, 15) is 9.90 Å². The predicted molar refractivity (Wildman–Crippen MR) is 67.7 cm³/mol. The lowest BCUT2D eigenvalue weighted by atomic mass is 9.93. The zero-order chi connectivity index (χ0) is 13.2. The molecule has 0 bridgehead atoms. The van der Waals surface area contributed by atoms with Gasteiger partial charge in [0.2, 0.25) is 0 Å². The molecule has 3 rings (SSSR count). The van der Waals surface area contributed by atoms with Gasteiger partial charge in [0.05, 0.1) is 18.3 Å². The van der Waals surface area contributed by atoms with Gasteiger partial charge in [-0.05, 0) is 25.7 Å². The van der Waals surface area contributed by atoms with E-state index in [0.29, 0.717) is 11.7 Å². The Kier molecular flexibility index (Phi) is 3.48. The minimum atomic E-state index is -0.208. The first kappa shape index (κ1) is 12.6. The molecule has 1 aliphatic carbocycles. The summed E-state index contributed by atoms with van der Waals surface area (Å²) in [6.07, 6.45) is 4.66. The molecule has 1 aromatic heterocycles. The van der Waals surface area contributed by atoms with Crippen LogP contribution in [0, 0.1) is 0 Å². The van der Waals surface area contributed by atoms with Gasteiger partial charge in [0, 0.05) is 19.1 Å². The molecule has 2 fully saturated rings. The summed E-state index contributed by atoms with van der Waals surface area (Å²) in [5.74, 6) is -0.167. The van der Waals surface area contributed by atoms with E-state index >= 15 is 0 Å². The SMILES string of the molecule is O=C(NC1CCC(O)CC1)c1cn(C2CNC2)nn1. The highest BCUT2D eigenvalue weighted by molar-refractivity contribution is 5.92. The van der Waals surface area contributed by atoms with Gasteiger partial charge in [0.1, 0.15) is 0 Å². The number of hydrogen-bond donors (Lipinski definition) is 3. The highest BCUT2D eigenvalue weighted by Gasteiger charge is 2.24. The second-order valence-electron chi connectivity index (χ2n) is 5.37. The van der Waals surface area contributed by atoms with E-state index in [1.54, 1.807) is 10.9 Å². The van der Waals surface area contributed by atoms with Gasteiger partial charge in [0.25, 0.3) is 5.91 Å². The maximum Gasteiger partial charge on any atom is 0.273 e. The Labute approximate surface area is 111 Å². The summed E-state index contributed by atoms with van der Waals surface area (Å²) in [6.45, 7) is 1.76. The van der Waals surface area contributed by atoms with Crippen molar-refractivity contribution in [2.75, 3.05) is 13.1 Å². The number of hydrogen-bond acceptors (Lipinski definition) is 5. The number of aliphatic hydroxyl groups excluding tert-OH is 1. The van der Waals surface area contributed by atoms with Crippen molar-refractivity contribution in [3.8, 4) is 0 Å². The molecular formula is C12H19N5O2. The molecule has 0 radical (unpaired) electrons. The standard InChI is InChI=1S/C12H19N5O2/c18-10-3-1-8(2-4-10)14-12(19)11-7-17(16-15-11)9-5-13-6-9/h7-10,13,18H,1-6H2,(H,14,19). The van der Waals surface area contributed by atoms with E-state index in [-0.39, 0.29) is 18.1 Å². The van der Waals surface area contributed by atoms with Crippen LogP contribution in [0.25, 0.3) is 0 Å². The van der Waals surface area contributed by atoms with Crippen LogP contribution in [0.4, 0.5) is 0 Å². The van der Waals surface area contributed by atoms with Gasteiger partial charge in [-0.3, -0.25) is 4.79 Å². The molecule has 0 atom stereocenters. The van der Waals surface area contributed by atoms with Crippen LogP contribution in [0.5, 0.6) is 0 Å². The summed E-state index contributed by atoms with van der Waals surface area (Å²) in [5, 5.41) is 23.5. The van der Waals surface area contributed by atoms with Crippen molar-refractivity contribution < 1.29 is 9.90 Å². The predicted octanol–water partition coefficient (Wildman–Crippen LogP) is -0.544. The fourth-order valence-electron chi connectivity index (χ4n) is 2.50. The second-order valence-corrected chi connectivity index (χ2v) is 5.37. The van der Waals surface area contributed by atoms with E-state index in [0.717, 1.165) is 38.8 Å². The highest BCUT2D eigenvalue weighted by atomic mass is 16.3. The van der Waals surface area contributed by atoms with Crippen molar-refractivity contribution >= 4 is 5.91 Å². The molecule has 19 heavy (non-hydrogen) atoms. The van der Waals surface area contributed by atoms with Crippen molar-refractivity contribution in [2.24, 2.45) is 0 Å². The first-order valence-corrected chi connectivity index (χ1v) is 6.84. The number of aliphatic hydroxyl groups is 1. The number of aromatic nitrogens is 3. The molecule has 2 heterocycles. The van der Waals surface area contributed by atoms with Crippen LogP contribution < -0.4 is 10.6 Å². The summed E-state index contributed by atoms with van der Waals surface area (Å²) in [4.78, 5) is 12.0. The minimum Gasteiger partial charge on any atom is -0.393 e. The minimum absolute atomic E-state index is 0.145. The summed E-state index contributed by atoms with van der Waals surface area (Å²) in [6, 6.07) is 0.463. The molecule has 1 amide bonds. The fourth-order valence-corrected chi connectivity index (χ4v) is 2.50. The Bertz CT molecular complexity index is 449. The summed E-state index contributed by atoms with van der Waals surface area (Å²) >= 11 is 0. The van der Waals surface area contributed by atoms with Crippen LogP contribution in [-0.4, -0.2) is 51.2 Å². The molecular weight excluding hydrogens is 246 g/mol. The van der Waals surface area contributed by atoms with Gasteiger partial charge in [-0.15, -0.1) is 5.10 Å². The fraction of sp³-hybridized carbons (Fsp3) is 0.750. The lowest BCUT2D eigenvalue weighted by molar-refractivity contribution is 0.0863. The Morgan fingerprint density at radius 1 is 1.37 bits per heavy atom. The van der Waals surface area contributed by atoms with Gasteiger partial charge in [-0.25, -0.2) is 4.68 Å². The third-order valence-corrected chi connectivity index (χ3v) is 3.91. The molecule has 1 saturated heterocycles. The van der Waals surface area contributed by atoms with Crippen LogP contribution in [0.2, 0.25) is 0 Å². The van der Waals surface area contributed by atoms with Crippen molar-refractivity contribution in [1.29, 1.82) is 0 Å². The Morgan fingerprint density at radius 2 is 2.11 bits per heavy atom. The first-order chi connectivity index (χ1) is 9.22. The van der Waals surface area contributed by atoms with Crippen LogP contribution in [-0.2, 0) is 0 Å². The van der Waals surface area contributed by atoms with Gasteiger partial charge >= 0.3 is 0 Å². The molecule has 3 N–H and O–H groups in total. The normalized spacial score (nSPS) is 27.8. The lowest BCUT2D eigenvalue weighted by Crippen LogP contribution is -2.43. The summed E-state index contributed by atoms with van der Waals surface area (Å²) < 4.78 is 1.75. The molecule has 1 saturated carbocycles. The maximum atomic E-state index is 12.0. The van der Waals surface area contributed by atoms with Crippen molar-refractivity contribution in [2.45, 2.75) is 43.9 Å². The average Bonchev–Trinajstić information content (AvgIpc) is 2.79. The second kappa shape index (κ2) is 5.26. The Hall–Kier alpha value is -1.47. The monoisotopic (exact) mass is 265 g/mol.